The Kier molecular flexibility index (Phi) is 4.11. The number of aromatic carboxylic acids is 1. The molecule has 0 fully saturated rings. The number of hydrogen-bond acceptors (Lipinski definition) is 5. The lowest BCUT2D eigenvalue weighted by Crippen LogP contribution is -2.01. The van der Waals surface area contributed by atoms with Gasteiger partial charge in [-0.2, -0.15) is 0 Å². The molecule has 0 radical (unpaired) electrons. The smallest absolute Gasteiger partial charge is 0.336 e. The third kappa shape index (κ3) is 2.77. The average Bonchev–Trinajstić information content (AvgIpc) is 2.61. The minimum Gasteiger partial charge on any atom is -0.506 e. The molecular formula is C18H14N2O4. The van der Waals surface area contributed by atoms with E-state index < -0.39 is 5.97 Å². The molecule has 24 heavy (non-hydrogen) atoms. The topological polar surface area (TPSA) is 92.5 Å². The van der Waals surface area contributed by atoms with Crippen molar-refractivity contribution in [1.82, 2.24) is 10.2 Å². The molecule has 0 aliphatic heterocycles. The van der Waals surface area contributed by atoms with E-state index in [4.69, 9.17) is 4.74 Å². The number of benzene rings is 2. The molecule has 0 amide bonds. The predicted molar refractivity (Wildman–Crippen MR) is 88.1 cm³/mol. The first-order chi connectivity index (χ1) is 11.6. The fourth-order valence-corrected chi connectivity index (χ4v) is 2.44. The molecule has 120 valence electrons. The second-order valence-electron chi connectivity index (χ2n) is 5.01. The number of aromatic nitrogens is 2. The van der Waals surface area contributed by atoms with Crippen molar-refractivity contribution in [2.45, 2.75) is 0 Å². The van der Waals surface area contributed by atoms with E-state index in [1.54, 1.807) is 37.4 Å². The first kappa shape index (κ1) is 15.5. The van der Waals surface area contributed by atoms with Crippen LogP contribution in [0.3, 0.4) is 0 Å². The summed E-state index contributed by atoms with van der Waals surface area (Å²) in [6.45, 7) is 0. The Labute approximate surface area is 138 Å². The van der Waals surface area contributed by atoms with Gasteiger partial charge in [-0.25, -0.2) is 4.79 Å². The number of methoxy groups -OCH3 is 1. The molecule has 2 N–H and O–H groups in total. The molecule has 0 bridgehead atoms. The van der Waals surface area contributed by atoms with Gasteiger partial charge in [0.15, 0.2) is 0 Å². The van der Waals surface area contributed by atoms with Crippen LogP contribution in [0.5, 0.6) is 11.5 Å². The van der Waals surface area contributed by atoms with Crippen molar-refractivity contribution < 1.29 is 19.7 Å². The van der Waals surface area contributed by atoms with Crippen LogP contribution in [0, 0.1) is 0 Å². The number of carboxylic acids is 1. The Bertz CT molecular complexity index is 909. The Morgan fingerprint density at radius 3 is 2.33 bits per heavy atom. The minimum atomic E-state index is -1.10. The number of nitrogens with zero attached hydrogens (tertiary/aromatic N) is 2. The molecule has 0 aliphatic rings. The van der Waals surface area contributed by atoms with E-state index in [2.05, 4.69) is 10.2 Å². The quantitative estimate of drug-likeness (QED) is 0.766. The maximum absolute atomic E-state index is 11.3. The third-order valence-corrected chi connectivity index (χ3v) is 3.57. The molecule has 1 heterocycles. The van der Waals surface area contributed by atoms with E-state index in [0.29, 0.717) is 22.6 Å². The molecule has 3 rings (SSSR count). The van der Waals surface area contributed by atoms with Crippen molar-refractivity contribution in [2.75, 3.05) is 7.11 Å². The van der Waals surface area contributed by atoms with Crippen LogP contribution in [0.15, 0.2) is 54.6 Å². The number of rotatable bonds is 4. The van der Waals surface area contributed by atoms with Crippen molar-refractivity contribution in [3.05, 3.63) is 60.2 Å². The number of carbonyl (C=O) groups is 1. The van der Waals surface area contributed by atoms with E-state index in [1.165, 1.54) is 12.1 Å². The molecule has 0 unspecified atom stereocenters. The predicted octanol–water partition coefficient (Wildman–Crippen LogP) is 3.22. The summed E-state index contributed by atoms with van der Waals surface area (Å²) in [5.74, 6) is -0.648. The third-order valence-electron chi connectivity index (χ3n) is 3.57. The fraction of sp³-hybridized carbons (Fsp3) is 0.0556. The summed E-state index contributed by atoms with van der Waals surface area (Å²) in [4.78, 5) is 11.3. The molecule has 0 saturated heterocycles. The number of carboxylic acid groups (broad SMARTS) is 1. The summed E-state index contributed by atoms with van der Waals surface area (Å²) in [6, 6.07) is 15.0. The van der Waals surface area contributed by atoms with Gasteiger partial charge in [-0.05, 0) is 18.2 Å². The van der Waals surface area contributed by atoms with Crippen LogP contribution in [-0.2, 0) is 0 Å². The number of para-hydroxylation sites is 1. The van der Waals surface area contributed by atoms with Crippen LogP contribution in [0.4, 0.5) is 0 Å². The van der Waals surface area contributed by atoms with Gasteiger partial charge in [-0.3, -0.25) is 0 Å². The van der Waals surface area contributed by atoms with Crippen LogP contribution in [0.1, 0.15) is 10.4 Å². The maximum Gasteiger partial charge on any atom is 0.336 e. The first-order valence-corrected chi connectivity index (χ1v) is 7.14. The Hall–Kier alpha value is -3.41. The van der Waals surface area contributed by atoms with E-state index in [1.807, 2.05) is 12.1 Å². The van der Waals surface area contributed by atoms with E-state index in [9.17, 15) is 15.0 Å². The lowest BCUT2D eigenvalue weighted by atomic mass is 10.0. The normalized spacial score (nSPS) is 10.4. The maximum atomic E-state index is 11.3. The Balaban J connectivity index is 2.11. The highest BCUT2D eigenvalue weighted by Gasteiger charge is 2.17. The van der Waals surface area contributed by atoms with Gasteiger partial charge in [-0.15, -0.1) is 10.2 Å². The van der Waals surface area contributed by atoms with Crippen molar-refractivity contribution in [3.8, 4) is 34.0 Å². The summed E-state index contributed by atoms with van der Waals surface area (Å²) in [7, 11) is 1.55. The van der Waals surface area contributed by atoms with Crippen molar-refractivity contribution in [2.24, 2.45) is 0 Å². The molecule has 6 heteroatoms. The van der Waals surface area contributed by atoms with Crippen LogP contribution >= 0.6 is 0 Å². The number of aromatic hydroxyl groups is 1. The highest BCUT2D eigenvalue weighted by molar-refractivity contribution is 5.96. The largest absolute Gasteiger partial charge is 0.506 e. The van der Waals surface area contributed by atoms with Gasteiger partial charge in [0.1, 0.15) is 22.9 Å². The molecule has 0 spiro atoms. The Morgan fingerprint density at radius 1 is 1.00 bits per heavy atom. The van der Waals surface area contributed by atoms with Crippen molar-refractivity contribution in [1.29, 1.82) is 0 Å². The minimum absolute atomic E-state index is 0.0483. The van der Waals surface area contributed by atoms with Gasteiger partial charge in [0, 0.05) is 17.2 Å². The number of ether oxygens (including phenoxy) is 1. The zero-order valence-electron chi connectivity index (χ0n) is 12.8. The Morgan fingerprint density at radius 2 is 1.67 bits per heavy atom. The molecule has 3 aromatic rings. The van der Waals surface area contributed by atoms with E-state index in [-0.39, 0.29) is 17.0 Å². The zero-order chi connectivity index (χ0) is 17.1. The molecule has 1 aromatic heterocycles. The van der Waals surface area contributed by atoms with Gasteiger partial charge in [0.25, 0.3) is 0 Å². The first-order valence-electron chi connectivity index (χ1n) is 7.14. The SMILES string of the molecule is COc1ccccc1-c1cc(O)c(-c2ccccc2C(=O)O)nn1. The summed E-state index contributed by atoms with van der Waals surface area (Å²) in [6.07, 6.45) is 0. The molecular weight excluding hydrogens is 308 g/mol. The summed E-state index contributed by atoms with van der Waals surface area (Å²) in [5, 5.41) is 27.7. The summed E-state index contributed by atoms with van der Waals surface area (Å²) in [5.41, 5.74) is 1.59. The zero-order valence-corrected chi connectivity index (χ0v) is 12.8. The van der Waals surface area contributed by atoms with Gasteiger partial charge >= 0.3 is 5.97 Å². The second-order valence-corrected chi connectivity index (χ2v) is 5.01. The molecule has 0 saturated carbocycles. The second kappa shape index (κ2) is 6.37. The lowest BCUT2D eigenvalue weighted by molar-refractivity contribution is 0.0697. The van der Waals surface area contributed by atoms with Crippen molar-refractivity contribution in [3.63, 3.8) is 0 Å². The van der Waals surface area contributed by atoms with Crippen LogP contribution < -0.4 is 4.74 Å². The van der Waals surface area contributed by atoms with Gasteiger partial charge in [0.2, 0.25) is 0 Å². The highest BCUT2D eigenvalue weighted by Crippen LogP contribution is 2.34. The molecule has 0 atom stereocenters. The molecule has 0 aliphatic carbocycles. The summed E-state index contributed by atoms with van der Waals surface area (Å²) >= 11 is 0. The standard InChI is InChI=1S/C18H14N2O4/c1-24-16-9-5-4-8-13(16)14-10-15(21)17(20-19-14)11-6-2-3-7-12(11)18(22)23/h2-10H,1H3,(H,19,21)(H,22,23). The molecule has 6 nitrogen and oxygen atoms in total. The van der Waals surface area contributed by atoms with Crippen molar-refractivity contribution >= 4 is 5.97 Å². The number of hydrogen-bond donors (Lipinski definition) is 2. The van der Waals surface area contributed by atoms with E-state index >= 15 is 0 Å². The summed E-state index contributed by atoms with van der Waals surface area (Å²) < 4.78 is 5.28. The molecule has 2 aromatic carbocycles. The van der Waals surface area contributed by atoms with Crippen LogP contribution in [0.25, 0.3) is 22.5 Å². The van der Waals surface area contributed by atoms with Crippen LogP contribution in [0.2, 0.25) is 0 Å². The highest BCUT2D eigenvalue weighted by atomic mass is 16.5. The van der Waals surface area contributed by atoms with Crippen LogP contribution in [-0.4, -0.2) is 33.5 Å². The van der Waals surface area contributed by atoms with Gasteiger partial charge in [0.05, 0.1) is 12.7 Å². The fourth-order valence-electron chi connectivity index (χ4n) is 2.44. The van der Waals surface area contributed by atoms with E-state index in [0.717, 1.165) is 0 Å². The monoisotopic (exact) mass is 322 g/mol. The van der Waals surface area contributed by atoms with Gasteiger partial charge in [-0.1, -0.05) is 30.3 Å². The lowest BCUT2D eigenvalue weighted by Gasteiger charge is -2.10. The average molecular weight is 322 g/mol. The van der Waals surface area contributed by atoms with Gasteiger partial charge < -0.3 is 14.9 Å².